The molecule has 0 saturated heterocycles. The molecule has 1 amide bonds. The van der Waals surface area contributed by atoms with Crippen molar-refractivity contribution >= 4 is 17.2 Å². The fourth-order valence-electron chi connectivity index (χ4n) is 2.80. The third-order valence-electron chi connectivity index (χ3n) is 4.65. The number of rotatable bonds is 6. The average Bonchev–Trinajstić information content (AvgIpc) is 3.20. The van der Waals surface area contributed by atoms with Crippen molar-refractivity contribution in [3.63, 3.8) is 0 Å². The molecular formula is C20H25N5OS. The van der Waals surface area contributed by atoms with E-state index in [0.717, 1.165) is 34.9 Å². The van der Waals surface area contributed by atoms with Crippen molar-refractivity contribution in [1.82, 2.24) is 25.3 Å². The molecule has 0 saturated carbocycles. The van der Waals surface area contributed by atoms with Crippen molar-refractivity contribution in [3.8, 4) is 16.4 Å². The molecule has 2 heterocycles. The summed E-state index contributed by atoms with van der Waals surface area (Å²) in [6.07, 6.45) is 2.02. The molecule has 3 rings (SSSR count). The molecule has 2 aromatic heterocycles. The minimum atomic E-state index is -0.0658. The standard InChI is InChI=1S/C20H25N5OS/c1-6-7-10-21-19(26)18-14(4)22-20(27-18)17-15(5)25(24-23-17)16-9-8-12(2)13(3)11-16/h8-9,11H,6-7,10H2,1-5H3,(H,21,26). The number of carbonyl (C=O) groups is 1. The van der Waals surface area contributed by atoms with E-state index in [1.165, 1.54) is 22.5 Å². The first kappa shape index (κ1) is 19.2. The van der Waals surface area contributed by atoms with Crippen molar-refractivity contribution in [2.45, 2.75) is 47.5 Å². The summed E-state index contributed by atoms with van der Waals surface area (Å²) >= 11 is 1.37. The number of nitrogens with zero attached hydrogens (tertiary/aromatic N) is 4. The zero-order valence-electron chi connectivity index (χ0n) is 16.5. The van der Waals surface area contributed by atoms with Crippen molar-refractivity contribution in [3.05, 3.63) is 45.6 Å². The van der Waals surface area contributed by atoms with Crippen LogP contribution in [-0.4, -0.2) is 32.4 Å². The molecule has 0 bridgehead atoms. The average molecular weight is 384 g/mol. The predicted octanol–water partition coefficient (Wildman–Crippen LogP) is 4.15. The summed E-state index contributed by atoms with van der Waals surface area (Å²) < 4.78 is 1.82. The third kappa shape index (κ3) is 3.93. The molecule has 3 aromatic rings. The lowest BCUT2D eigenvalue weighted by Gasteiger charge is -2.06. The van der Waals surface area contributed by atoms with E-state index in [0.29, 0.717) is 17.1 Å². The summed E-state index contributed by atoms with van der Waals surface area (Å²) in [6.45, 7) is 10.8. The van der Waals surface area contributed by atoms with Crippen LogP contribution in [0.15, 0.2) is 18.2 Å². The second-order valence-electron chi connectivity index (χ2n) is 6.75. The van der Waals surface area contributed by atoms with Gasteiger partial charge in [0.05, 0.1) is 17.1 Å². The second kappa shape index (κ2) is 8.00. The van der Waals surface area contributed by atoms with Gasteiger partial charge in [-0.25, -0.2) is 9.67 Å². The molecule has 7 heteroatoms. The quantitative estimate of drug-likeness (QED) is 0.649. The summed E-state index contributed by atoms with van der Waals surface area (Å²) in [5.41, 5.74) is 5.77. The maximum absolute atomic E-state index is 12.4. The SMILES string of the molecule is CCCCNC(=O)c1sc(-c2nnn(-c3ccc(C)c(C)c3)c2C)nc1C. The maximum Gasteiger partial charge on any atom is 0.263 e. The first-order valence-electron chi connectivity index (χ1n) is 9.18. The lowest BCUT2D eigenvalue weighted by molar-refractivity contribution is 0.0956. The molecular weight excluding hydrogens is 358 g/mol. The van der Waals surface area contributed by atoms with Gasteiger partial charge >= 0.3 is 0 Å². The molecule has 142 valence electrons. The van der Waals surface area contributed by atoms with Gasteiger partial charge in [0.2, 0.25) is 0 Å². The highest BCUT2D eigenvalue weighted by atomic mass is 32.1. The summed E-state index contributed by atoms with van der Waals surface area (Å²) in [5, 5.41) is 12.3. The van der Waals surface area contributed by atoms with Crippen LogP contribution in [0.25, 0.3) is 16.4 Å². The van der Waals surface area contributed by atoms with E-state index in [1.807, 2.05) is 24.6 Å². The van der Waals surface area contributed by atoms with Gasteiger partial charge < -0.3 is 5.32 Å². The Bertz CT molecular complexity index is 973. The molecule has 6 nitrogen and oxygen atoms in total. The molecule has 27 heavy (non-hydrogen) atoms. The summed E-state index contributed by atoms with van der Waals surface area (Å²) in [6, 6.07) is 6.21. The molecule has 0 radical (unpaired) electrons. The molecule has 1 N–H and O–H groups in total. The Morgan fingerprint density at radius 1 is 1.19 bits per heavy atom. The van der Waals surface area contributed by atoms with E-state index in [2.05, 4.69) is 53.5 Å². The number of amides is 1. The van der Waals surface area contributed by atoms with E-state index in [4.69, 9.17) is 0 Å². The summed E-state index contributed by atoms with van der Waals surface area (Å²) in [5.74, 6) is -0.0658. The van der Waals surface area contributed by atoms with Gasteiger partial charge in [0.1, 0.15) is 15.6 Å². The number of thiazole rings is 1. The Morgan fingerprint density at radius 2 is 1.96 bits per heavy atom. The van der Waals surface area contributed by atoms with Crippen molar-refractivity contribution in [2.75, 3.05) is 6.54 Å². The molecule has 0 aliphatic heterocycles. The molecule has 1 aromatic carbocycles. The molecule has 0 fully saturated rings. The number of carbonyl (C=O) groups excluding carboxylic acids is 1. The monoisotopic (exact) mass is 383 g/mol. The van der Waals surface area contributed by atoms with Gasteiger partial charge in [-0.15, -0.1) is 16.4 Å². The van der Waals surface area contributed by atoms with Gasteiger partial charge in [0.25, 0.3) is 5.91 Å². The van der Waals surface area contributed by atoms with Crippen LogP contribution in [0.1, 0.15) is 52.0 Å². The van der Waals surface area contributed by atoms with Crippen molar-refractivity contribution in [2.24, 2.45) is 0 Å². The van der Waals surface area contributed by atoms with Gasteiger partial charge in [-0.1, -0.05) is 24.6 Å². The van der Waals surface area contributed by atoms with Crippen LogP contribution in [-0.2, 0) is 0 Å². The fraction of sp³-hybridized carbons (Fsp3) is 0.400. The zero-order chi connectivity index (χ0) is 19.6. The normalized spacial score (nSPS) is 11.0. The number of hydrogen-bond acceptors (Lipinski definition) is 5. The topological polar surface area (TPSA) is 72.7 Å². The van der Waals surface area contributed by atoms with E-state index >= 15 is 0 Å². The van der Waals surface area contributed by atoms with E-state index < -0.39 is 0 Å². The number of benzene rings is 1. The molecule has 0 atom stereocenters. The van der Waals surface area contributed by atoms with Crippen molar-refractivity contribution < 1.29 is 4.79 Å². The van der Waals surface area contributed by atoms with E-state index in [9.17, 15) is 4.79 Å². The van der Waals surface area contributed by atoms with Gasteiger partial charge in [-0.2, -0.15) is 0 Å². The number of nitrogens with one attached hydrogen (secondary N) is 1. The number of aryl methyl sites for hydroxylation is 3. The van der Waals surface area contributed by atoms with Gasteiger partial charge in [0.15, 0.2) is 0 Å². The van der Waals surface area contributed by atoms with Crippen molar-refractivity contribution in [1.29, 1.82) is 0 Å². The lowest BCUT2D eigenvalue weighted by atomic mass is 10.1. The smallest absolute Gasteiger partial charge is 0.263 e. The Kier molecular flexibility index (Phi) is 5.70. The molecule has 0 unspecified atom stereocenters. The van der Waals surface area contributed by atoms with Crippen LogP contribution in [0.2, 0.25) is 0 Å². The number of aromatic nitrogens is 4. The first-order valence-corrected chi connectivity index (χ1v) is 10.00. The van der Waals surface area contributed by atoms with E-state index in [1.54, 1.807) is 0 Å². The minimum absolute atomic E-state index is 0.0658. The Balaban J connectivity index is 1.90. The van der Waals surface area contributed by atoms with Gasteiger partial charge in [0, 0.05) is 6.54 Å². The van der Waals surface area contributed by atoms with Crippen LogP contribution in [0.5, 0.6) is 0 Å². The largest absolute Gasteiger partial charge is 0.351 e. The molecule has 0 aliphatic carbocycles. The number of hydrogen-bond donors (Lipinski definition) is 1. The highest BCUT2D eigenvalue weighted by Gasteiger charge is 2.20. The highest BCUT2D eigenvalue weighted by molar-refractivity contribution is 7.17. The lowest BCUT2D eigenvalue weighted by Crippen LogP contribution is -2.24. The zero-order valence-corrected chi connectivity index (χ0v) is 17.3. The molecule has 0 aliphatic rings. The Hall–Kier alpha value is -2.54. The minimum Gasteiger partial charge on any atom is -0.351 e. The Labute approximate surface area is 163 Å². The first-order chi connectivity index (χ1) is 12.9. The summed E-state index contributed by atoms with van der Waals surface area (Å²) in [4.78, 5) is 17.6. The Morgan fingerprint density at radius 3 is 2.67 bits per heavy atom. The predicted molar refractivity (Wildman–Crippen MR) is 109 cm³/mol. The van der Waals surface area contributed by atoms with Crippen LogP contribution in [0.3, 0.4) is 0 Å². The highest BCUT2D eigenvalue weighted by Crippen LogP contribution is 2.29. The summed E-state index contributed by atoms with van der Waals surface area (Å²) in [7, 11) is 0. The van der Waals surface area contributed by atoms with Gasteiger partial charge in [-0.3, -0.25) is 4.79 Å². The van der Waals surface area contributed by atoms with Crippen LogP contribution < -0.4 is 5.32 Å². The second-order valence-corrected chi connectivity index (χ2v) is 7.75. The van der Waals surface area contributed by atoms with Gasteiger partial charge in [-0.05, 0) is 57.4 Å². The van der Waals surface area contributed by atoms with Crippen LogP contribution >= 0.6 is 11.3 Å². The maximum atomic E-state index is 12.4. The van der Waals surface area contributed by atoms with E-state index in [-0.39, 0.29) is 5.91 Å². The molecule has 0 spiro atoms. The number of unbranched alkanes of at least 4 members (excludes halogenated alkanes) is 1. The third-order valence-corrected chi connectivity index (χ3v) is 5.81. The fourth-order valence-corrected chi connectivity index (χ4v) is 3.82. The van der Waals surface area contributed by atoms with Crippen LogP contribution in [0.4, 0.5) is 0 Å². The van der Waals surface area contributed by atoms with Crippen LogP contribution in [0, 0.1) is 27.7 Å².